The molecule has 4 N–H and O–H groups in total. The molecule has 0 aliphatic carbocycles. The number of benzene rings is 2. The molecule has 0 fully saturated rings. The Labute approximate surface area is 208 Å². The van der Waals surface area contributed by atoms with Gasteiger partial charge in [-0.1, -0.05) is 55.5 Å². The summed E-state index contributed by atoms with van der Waals surface area (Å²) in [7, 11) is 0. The van der Waals surface area contributed by atoms with E-state index in [9.17, 15) is 40.7 Å². The van der Waals surface area contributed by atoms with Crippen molar-refractivity contribution < 1.29 is 40.7 Å². The number of halogens is 6. The van der Waals surface area contributed by atoms with Crippen LogP contribution in [0.15, 0.2) is 59.6 Å². The smallest absolute Gasteiger partial charge is 0.370 e. The minimum Gasteiger partial charge on any atom is -0.370 e. The minimum absolute atomic E-state index is 0.377. The second-order valence-corrected chi connectivity index (χ2v) is 7.95. The van der Waals surface area contributed by atoms with Crippen molar-refractivity contribution in [2.45, 2.75) is 44.7 Å². The summed E-state index contributed by atoms with van der Waals surface area (Å²) in [5.74, 6) is -4.70. The Morgan fingerprint density at radius 1 is 1.00 bits per heavy atom. The predicted molar refractivity (Wildman–Crippen MR) is 123 cm³/mol. The van der Waals surface area contributed by atoms with Crippen LogP contribution in [0, 0.1) is 5.92 Å². The van der Waals surface area contributed by atoms with Crippen molar-refractivity contribution in [1.29, 1.82) is 0 Å². The lowest BCUT2D eigenvalue weighted by Crippen LogP contribution is -2.46. The zero-order valence-electron chi connectivity index (χ0n) is 19.5. The molecule has 7 nitrogen and oxygen atoms in total. The first kappa shape index (κ1) is 29.3. The highest BCUT2D eigenvalue weighted by Crippen LogP contribution is 2.28. The van der Waals surface area contributed by atoms with Gasteiger partial charge in [-0.3, -0.25) is 14.4 Å². The number of para-hydroxylation sites is 1. The molecule has 0 bridgehead atoms. The zero-order valence-corrected chi connectivity index (χ0v) is 19.5. The third-order valence-electron chi connectivity index (χ3n) is 4.97. The fourth-order valence-electron chi connectivity index (χ4n) is 3.21. The molecule has 1 aliphatic rings. The Hall–Kier alpha value is -3.90. The molecule has 2 aromatic rings. The van der Waals surface area contributed by atoms with Crippen LogP contribution in [0.2, 0.25) is 0 Å². The van der Waals surface area contributed by atoms with E-state index in [1.807, 2.05) is 0 Å². The number of fused-ring (bicyclic) bond motifs is 1. The van der Waals surface area contributed by atoms with E-state index < -0.39 is 61.4 Å². The Morgan fingerprint density at radius 3 is 2.11 bits per heavy atom. The molecule has 2 aromatic carbocycles. The highest BCUT2D eigenvalue weighted by atomic mass is 19.4. The molecular formula is C24H24F6N4O3. The first-order valence-corrected chi connectivity index (χ1v) is 11.0. The number of nitrogens with two attached hydrogens (primary N) is 1. The lowest BCUT2D eigenvalue weighted by Gasteiger charge is -2.20. The van der Waals surface area contributed by atoms with Gasteiger partial charge in [0.25, 0.3) is 5.91 Å². The van der Waals surface area contributed by atoms with Gasteiger partial charge in [-0.15, -0.1) is 0 Å². The summed E-state index contributed by atoms with van der Waals surface area (Å²) in [6.45, 7) is 1.08. The average molecular weight is 530 g/mol. The SMILES string of the molecule is CCC(F)(F)F.NC(=O)CC(CC(F)(F)F)C(=O)NC1N=C(c2ccccc2)c2ccccc2NC1=O. The lowest BCUT2D eigenvalue weighted by atomic mass is 9.99. The van der Waals surface area contributed by atoms with Crippen molar-refractivity contribution in [1.82, 2.24) is 5.32 Å². The summed E-state index contributed by atoms with van der Waals surface area (Å²) in [5.41, 5.74) is 7.05. The molecule has 0 spiro atoms. The number of alkyl halides is 6. The van der Waals surface area contributed by atoms with Gasteiger partial charge in [0.05, 0.1) is 23.7 Å². The minimum atomic E-state index is -4.70. The predicted octanol–water partition coefficient (Wildman–Crippen LogP) is 4.32. The van der Waals surface area contributed by atoms with Crippen LogP contribution in [0.4, 0.5) is 32.0 Å². The van der Waals surface area contributed by atoms with E-state index in [1.54, 1.807) is 54.6 Å². The lowest BCUT2D eigenvalue weighted by molar-refractivity contribution is -0.156. The maximum absolute atomic E-state index is 12.9. The van der Waals surface area contributed by atoms with Crippen molar-refractivity contribution in [3.05, 3.63) is 65.7 Å². The van der Waals surface area contributed by atoms with Crippen LogP contribution < -0.4 is 16.4 Å². The summed E-state index contributed by atoms with van der Waals surface area (Å²) < 4.78 is 70.9. The number of nitrogens with one attached hydrogen (secondary N) is 2. The second kappa shape index (κ2) is 12.4. The molecule has 2 atom stereocenters. The summed E-state index contributed by atoms with van der Waals surface area (Å²) in [5, 5.41) is 4.85. The summed E-state index contributed by atoms with van der Waals surface area (Å²) in [6, 6.07) is 15.7. The number of carbonyl (C=O) groups is 3. The van der Waals surface area contributed by atoms with E-state index >= 15 is 0 Å². The van der Waals surface area contributed by atoms with Crippen LogP contribution in [-0.2, 0) is 14.4 Å². The molecule has 0 aromatic heterocycles. The number of amides is 3. The van der Waals surface area contributed by atoms with Gasteiger partial charge in [0, 0.05) is 24.0 Å². The van der Waals surface area contributed by atoms with Crippen molar-refractivity contribution >= 4 is 29.1 Å². The van der Waals surface area contributed by atoms with E-state index in [2.05, 4.69) is 15.6 Å². The van der Waals surface area contributed by atoms with Crippen LogP contribution in [-0.4, -0.2) is 42.0 Å². The Kier molecular flexibility index (Phi) is 9.81. The quantitative estimate of drug-likeness (QED) is 0.484. The first-order chi connectivity index (χ1) is 17.2. The number of carbonyl (C=O) groups excluding carboxylic acids is 3. The highest BCUT2D eigenvalue weighted by molar-refractivity contribution is 6.19. The third kappa shape index (κ3) is 9.58. The monoisotopic (exact) mass is 530 g/mol. The molecule has 2 unspecified atom stereocenters. The summed E-state index contributed by atoms with van der Waals surface area (Å²) in [6.07, 6.45) is -13.2. The maximum Gasteiger partial charge on any atom is 0.389 e. The third-order valence-corrected chi connectivity index (χ3v) is 4.97. The number of hydrogen-bond acceptors (Lipinski definition) is 4. The fourth-order valence-corrected chi connectivity index (χ4v) is 3.21. The average Bonchev–Trinajstić information content (AvgIpc) is 2.94. The topological polar surface area (TPSA) is 114 Å². The molecule has 3 amide bonds. The number of primary amides is 1. The molecule has 0 saturated heterocycles. The molecule has 0 radical (unpaired) electrons. The second-order valence-electron chi connectivity index (χ2n) is 7.95. The van der Waals surface area contributed by atoms with Crippen LogP contribution in [0.3, 0.4) is 0 Å². The van der Waals surface area contributed by atoms with Gasteiger partial charge in [0.1, 0.15) is 0 Å². The van der Waals surface area contributed by atoms with Crippen molar-refractivity contribution in [2.75, 3.05) is 5.32 Å². The molecule has 13 heteroatoms. The van der Waals surface area contributed by atoms with E-state index in [4.69, 9.17) is 5.73 Å². The Balaban J connectivity index is 0.000000717. The van der Waals surface area contributed by atoms with E-state index in [0.717, 1.165) is 6.92 Å². The molecule has 0 saturated carbocycles. The van der Waals surface area contributed by atoms with Crippen molar-refractivity contribution in [3.8, 4) is 0 Å². The van der Waals surface area contributed by atoms with Crippen molar-refractivity contribution in [3.63, 3.8) is 0 Å². The van der Waals surface area contributed by atoms with Crippen LogP contribution >= 0.6 is 0 Å². The first-order valence-electron chi connectivity index (χ1n) is 11.0. The number of hydrogen-bond donors (Lipinski definition) is 3. The Morgan fingerprint density at radius 2 is 1.57 bits per heavy atom. The largest absolute Gasteiger partial charge is 0.389 e. The Bertz CT molecular complexity index is 1130. The van der Waals surface area contributed by atoms with Crippen LogP contribution in [0.1, 0.15) is 37.3 Å². The standard InChI is InChI=1S/C21H19F3N4O3.C3H5F3/c22-21(23,24)11-13(10-16(25)29)19(30)28-18-20(31)26-15-9-5-4-8-14(15)17(27-18)12-6-2-1-3-7-12;1-2-3(4,5)6/h1-9,13,18H,10-11H2,(H2,25,29)(H,26,31)(H,28,30);2H2,1H3. The molecule has 200 valence electrons. The summed E-state index contributed by atoms with van der Waals surface area (Å²) in [4.78, 5) is 40.7. The van der Waals surface area contributed by atoms with Gasteiger partial charge in [0.2, 0.25) is 18.0 Å². The molecule has 1 aliphatic heterocycles. The fraction of sp³-hybridized carbons (Fsp3) is 0.333. The van der Waals surface area contributed by atoms with E-state index in [0.29, 0.717) is 22.5 Å². The van der Waals surface area contributed by atoms with Gasteiger partial charge in [-0.2, -0.15) is 26.3 Å². The van der Waals surface area contributed by atoms with E-state index in [-0.39, 0.29) is 0 Å². The van der Waals surface area contributed by atoms with Crippen LogP contribution in [0.25, 0.3) is 0 Å². The molecule has 37 heavy (non-hydrogen) atoms. The number of benzodiazepines with no additional fused rings is 1. The van der Waals surface area contributed by atoms with Gasteiger partial charge >= 0.3 is 12.4 Å². The summed E-state index contributed by atoms with van der Waals surface area (Å²) >= 11 is 0. The van der Waals surface area contributed by atoms with Gasteiger partial charge < -0.3 is 16.4 Å². The number of rotatable bonds is 6. The van der Waals surface area contributed by atoms with Crippen molar-refractivity contribution in [2.24, 2.45) is 16.6 Å². The highest BCUT2D eigenvalue weighted by Gasteiger charge is 2.38. The molecular weight excluding hydrogens is 506 g/mol. The zero-order chi connectivity index (χ0) is 27.8. The number of anilines is 1. The maximum atomic E-state index is 12.9. The van der Waals surface area contributed by atoms with Gasteiger partial charge in [0.15, 0.2) is 0 Å². The van der Waals surface area contributed by atoms with E-state index in [1.165, 1.54) is 0 Å². The van der Waals surface area contributed by atoms with Crippen LogP contribution in [0.5, 0.6) is 0 Å². The number of nitrogens with zero attached hydrogens (tertiary/aromatic N) is 1. The molecule has 3 rings (SSSR count). The van der Waals surface area contributed by atoms with Gasteiger partial charge in [-0.25, -0.2) is 4.99 Å². The molecule has 1 heterocycles. The van der Waals surface area contributed by atoms with Gasteiger partial charge in [-0.05, 0) is 6.07 Å². The normalized spacial score (nSPS) is 16.1. The number of aliphatic imine (C=N–C) groups is 1.